The maximum atomic E-state index is 13.3. The van der Waals surface area contributed by atoms with Crippen LogP contribution in [0.15, 0.2) is 97.2 Å². The topological polar surface area (TPSA) is 228 Å². The van der Waals surface area contributed by atoms with Gasteiger partial charge in [0.2, 0.25) is 5.91 Å². The van der Waals surface area contributed by atoms with E-state index in [0.717, 1.165) is 70.6 Å². The summed E-state index contributed by atoms with van der Waals surface area (Å²) in [7, 11) is 0. The standard InChI is InChI=1S/C72H125NO13/c1-3-5-7-9-11-13-15-17-19-21-23-24-25-26-27-28-29-30-31-32-33-34-35-36-38-40-42-44-46-48-50-52-54-56-64(77)73-60(61(76)55-53-51-49-47-45-43-41-39-37-22-20-18-16-14-12-10-8-6-4-2)59-83-71-69(82)67(80)70(63(58-75)85-71)86-72-68(81)66(79)65(78)62(57-74)84-72/h5,7,11,13,17,19,23-24,26-27,29-30,45,47,53,55,60-63,65-72,74-76,78-82H,3-4,6,8-10,12,14-16,18,20-22,25,28,31-44,46,48-52,54,56-59H2,1-2H3,(H,73,77)/b7-5-,13-11-,19-17-,24-23-,27-26-,30-29-,47-45+,55-53+. The van der Waals surface area contributed by atoms with Gasteiger partial charge in [-0.3, -0.25) is 4.79 Å². The van der Waals surface area contributed by atoms with Crippen molar-refractivity contribution in [2.75, 3.05) is 19.8 Å². The van der Waals surface area contributed by atoms with Crippen LogP contribution < -0.4 is 5.32 Å². The van der Waals surface area contributed by atoms with Crippen LogP contribution >= 0.6 is 0 Å². The van der Waals surface area contributed by atoms with E-state index in [9.17, 15) is 45.6 Å². The van der Waals surface area contributed by atoms with E-state index in [1.807, 2.05) is 6.08 Å². The van der Waals surface area contributed by atoms with Crippen LogP contribution in [0.2, 0.25) is 0 Å². The Morgan fingerprint density at radius 1 is 0.430 bits per heavy atom. The number of rotatable bonds is 55. The van der Waals surface area contributed by atoms with Crippen LogP contribution in [0.25, 0.3) is 0 Å². The van der Waals surface area contributed by atoms with E-state index >= 15 is 0 Å². The lowest BCUT2D eigenvalue weighted by molar-refractivity contribution is -0.359. The summed E-state index contributed by atoms with van der Waals surface area (Å²) >= 11 is 0. The van der Waals surface area contributed by atoms with Crippen molar-refractivity contribution in [2.45, 2.75) is 331 Å². The van der Waals surface area contributed by atoms with Gasteiger partial charge in [0.25, 0.3) is 0 Å². The van der Waals surface area contributed by atoms with E-state index < -0.39 is 86.8 Å². The smallest absolute Gasteiger partial charge is 0.220 e. The number of carbonyl (C=O) groups is 1. The molecule has 14 heteroatoms. The summed E-state index contributed by atoms with van der Waals surface area (Å²) in [5.41, 5.74) is 0. The Bertz CT molecular complexity index is 1810. The Kier molecular flexibility index (Phi) is 51.4. The Morgan fingerprint density at radius 3 is 1.28 bits per heavy atom. The van der Waals surface area contributed by atoms with Gasteiger partial charge in [0.05, 0.1) is 32.0 Å². The van der Waals surface area contributed by atoms with Crippen LogP contribution in [0.5, 0.6) is 0 Å². The third kappa shape index (κ3) is 39.8. The zero-order valence-corrected chi connectivity index (χ0v) is 53.8. The van der Waals surface area contributed by atoms with Crippen molar-refractivity contribution in [2.24, 2.45) is 0 Å². The third-order valence-electron chi connectivity index (χ3n) is 16.3. The molecule has 496 valence electrons. The third-order valence-corrected chi connectivity index (χ3v) is 16.3. The highest BCUT2D eigenvalue weighted by molar-refractivity contribution is 5.76. The number of aliphatic hydroxyl groups is 8. The van der Waals surface area contributed by atoms with E-state index in [4.69, 9.17) is 18.9 Å². The molecular weight excluding hydrogens is 1090 g/mol. The highest BCUT2D eigenvalue weighted by Gasteiger charge is 2.51. The van der Waals surface area contributed by atoms with Gasteiger partial charge in [-0.1, -0.05) is 265 Å². The number of unbranched alkanes of at least 4 members (excludes halogenated alkanes) is 28. The SMILES string of the molecule is CC/C=C\C/C=C\C/C=C\C/C=C\C/C=C\C/C=C\CCCCCCCCCCCCCCCCC(=O)NC(COC1OC(CO)C(OC2OC(CO)C(O)C(O)C2O)C(O)C1O)C(O)/C=C/CC/C=C/CCCCCCCCCCCCCCC. The molecule has 0 spiro atoms. The number of amides is 1. The minimum atomic E-state index is -1.79. The lowest BCUT2D eigenvalue weighted by Gasteiger charge is -2.46. The first kappa shape index (κ1) is 79.0. The number of allylic oxidation sites excluding steroid dienone is 15. The molecule has 2 fully saturated rings. The molecule has 1 amide bonds. The first-order valence-electron chi connectivity index (χ1n) is 34.5. The maximum absolute atomic E-state index is 13.3. The number of aliphatic hydroxyl groups excluding tert-OH is 8. The average Bonchev–Trinajstić information content (AvgIpc) is 2.63. The molecule has 0 aromatic heterocycles. The van der Waals surface area contributed by atoms with Crippen molar-refractivity contribution < 1.29 is 64.6 Å². The molecule has 0 aromatic carbocycles. The van der Waals surface area contributed by atoms with Gasteiger partial charge in [0.15, 0.2) is 12.6 Å². The van der Waals surface area contributed by atoms with E-state index in [-0.39, 0.29) is 18.9 Å². The summed E-state index contributed by atoms with van der Waals surface area (Å²) in [6.07, 6.45) is 61.7. The van der Waals surface area contributed by atoms with Gasteiger partial charge in [-0.05, 0) is 83.5 Å². The van der Waals surface area contributed by atoms with Crippen LogP contribution in [0.4, 0.5) is 0 Å². The molecule has 0 saturated carbocycles. The fourth-order valence-electron chi connectivity index (χ4n) is 10.8. The van der Waals surface area contributed by atoms with Crippen LogP contribution in [0.3, 0.4) is 0 Å². The molecule has 86 heavy (non-hydrogen) atoms. The van der Waals surface area contributed by atoms with Crippen LogP contribution in [0.1, 0.15) is 258 Å². The van der Waals surface area contributed by atoms with Crippen molar-refractivity contribution in [3.05, 3.63) is 97.2 Å². The van der Waals surface area contributed by atoms with Gasteiger partial charge in [-0.25, -0.2) is 0 Å². The molecule has 2 rings (SSSR count). The van der Waals surface area contributed by atoms with Gasteiger partial charge in [0.1, 0.15) is 48.8 Å². The zero-order valence-electron chi connectivity index (χ0n) is 53.8. The molecule has 2 heterocycles. The predicted molar refractivity (Wildman–Crippen MR) is 350 cm³/mol. The first-order chi connectivity index (χ1) is 42.1. The van der Waals surface area contributed by atoms with Crippen LogP contribution in [0, 0.1) is 0 Å². The average molecular weight is 1210 g/mol. The van der Waals surface area contributed by atoms with Gasteiger partial charge in [0, 0.05) is 6.42 Å². The van der Waals surface area contributed by atoms with E-state index in [0.29, 0.717) is 12.8 Å². The van der Waals surface area contributed by atoms with E-state index in [2.05, 4.69) is 104 Å². The molecule has 12 unspecified atom stereocenters. The monoisotopic (exact) mass is 1210 g/mol. The first-order valence-corrected chi connectivity index (χ1v) is 34.5. The highest BCUT2D eigenvalue weighted by Crippen LogP contribution is 2.30. The Balaban J connectivity index is 1.67. The fourth-order valence-corrected chi connectivity index (χ4v) is 10.8. The van der Waals surface area contributed by atoms with Crippen LogP contribution in [-0.2, 0) is 23.7 Å². The molecule has 2 aliphatic rings. The largest absolute Gasteiger partial charge is 0.394 e. The molecule has 0 radical (unpaired) electrons. The Hall–Kier alpha value is -3.09. The molecule has 0 aromatic rings. The number of nitrogens with one attached hydrogen (secondary N) is 1. The van der Waals surface area contributed by atoms with Gasteiger partial charge >= 0.3 is 0 Å². The molecular formula is C72H125NO13. The second-order valence-corrected chi connectivity index (χ2v) is 23.9. The Labute approximate surface area is 522 Å². The quantitative estimate of drug-likeness (QED) is 0.0204. The molecule has 12 atom stereocenters. The number of ether oxygens (including phenoxy) is 4. The van der Waals surface area contributed by atoms with Crippen molar-refractivity contribution in [1.29, 1.82) is 0 Å². The molecule has 14 nitrogen and oxygen atoms in total. The maximum Gasteiger partial charge on any atom is 0.220 e. The zero-order chi connectivity index (χ0) is 62.3. The van der Waals surface area contributed by atoms with Crippen molar-refractivity contribution in [1.82, 2.24) is 5.32 Å². The summed E-state index contributed by atoms with van der Waals surface area (Å²) < 4.78 is 22.8. The minimum absolute atomic E-state index is 0.251. The van der Waals surface area contributed by atoms with E-state index in [1.165, 1.54) is 154 Å². The highest BCUT2D eigenvalue weighted by atomic mass is 16.7. The summed E-state index contributed by atoms with van der Waals surface area (Å²) in [4.78, 5) is 13.3. The molecule has 2 saturated heterocycles. The van der Waals surface area contributed by atoms with Crippen molar-refractivity contribution in [3.63, 3.8) is 0 Å². The van der Waals surface area contributed by atoms with Crippen LogP contribution in [-0.4, -0.2) is 140 Å². The number of hydrogen-bond acceptors (Lipinski definition) is 13. The molecule has 0 bridgehead atoms. The lowest BCUT2D eigenvalue weighted by atomic mass is 9.97. The van der Waals surface area contributed by atoms with Crippen molar-refractivity contribution >= 4 is 5.91 Å². The number of carbonyl (C=O) groups excluding carboxylic acids is 1. The van der Waals surface area contributed by atoms with Crippen molar-refractivity contribution in [3.8, 4) is 0 Å². The van der Waals surface area contributed by atoms with Gasteiger partial charge in [-0.2, -0.15) is 0 Å². The minimum Gasteiger partial charge on any atom is -0.394 e. The number of hydrogen-bond donors (Lipinski definition) is 9. The second kappa shape index (κ2) is 55.9. The molecule has 2 aliphatic heterocycles. The Morgan fingerprint density at radius 2 is 0.814 bits per heavy atom. The summed E-state index contributed by atoms with van der Waals surface area (Å²) in [5, 5.41) is 87.3. The predicted octanol–water partition coefficient (Wildman–Crippen LogP) is 13.8. The van der Waals surface area contributed by atoms with Gasteiger partial charge < -0.3 is 65.1 Å². The lowest BCUT2D eigenvalue weighted by Crippen LogP contribution is -2.65. The molecule has 0 aliphatic carbocycles. The summed E-state index contributed by atoms with van der Waals surface area (Å²) in [5.74, 6) is -0.251. The fraction of sp³-hybridized carbons (Fsp3) is 0.764. The van der Waals surface area contributed by atoms with E-state index in [1.54, 1.807) is 6.08 Å². The normalized spacial score (nSPS) is 24.0. The summed E-state index contributed by atoms with van der Waals surface area (Å²) in [6, 6.07) is -0.938. The molecule has 9 N–H and O–H groups in total. The van der Waals surface area contributed by atoms with Gasteiger partial charge in [-0.15, -0.1) is 0 Å². The summed E-state index contributed by atoms with van der Waals surface area (Å²) in [6.45, 7) is 2.68. The second-order valence-electron chi connectivity index (χ2n) is 23.9.